The summed E-state index contributed by atoms with van der Waals surface area (Å²) < 4.78 is 29.1. The number of carbonyl (C=O) groups excluding carboxylic acids is 1. The minimum absolute atomic E-state index is 0.0548. The van der Waals surface area contributed by atoms with Crippen molar-refractivity contribution in [2.75, 3.05) is 6.61 Å². The lowest BCUT2D eigenvalue weighted by Gasteiger charge is -2.47. The molecule has 12 heteroatoms. The van der Waals surface area contributed by atoms with Gasteiger partial charge in [-0.2, -0.15) is 0 Å². The molecule has 2 fully saturated rings. The molecule has 0 aromatic heterocycles. The van der Waals surface area contributed by atoms with E-state index in [2.05, 4.69) is 6.58 Å². The van der Waals surface area contributed by atoms with Gasteiger partial charge in [0.1, 0.15) is 42.4 Å². The maximum absolute atomic E-state index is 12.9. The molecule has 2 aliphatic heterocycles. The van der Waals surface area contributed by atoms with Crippen LogP contribution in [0, 0.1) is 0 Å². The summed E-state index contributed by atoms with van der Waals surface area (Å²) in [6.07, 6.45) is -7.17. The molecular formula is C31H44O12. The molecule has 6 N–H and O–H groups in total. The highest BCUT2D eigenvalue weighted by Gasteiger charge is 2.53. The second-order valence-electron chi connectivity index (χ2n) is 11.3. The van der Waals surface area contributed by atoms with E-state index in [9.17, 15) is 35.4 Å². The van der Waals surface area contributed by atoms with Crippen molar-refractivity contribution in [2.45, 2.75) is 108 Å². The predicted molar refractivity (Wildman–Crippen MR) is 154 cm³/mol. The highest BCUT2D eigenvalue weighted by Crippen LogP contribution is 2.34. The number of benzene rings is 1. The van der Waals surface area contributed by atoms with Crippen LogP contribution in [0.1, 0.15) is 46.1 Å². The van der Waals surface area contributed by atoms with E-state index < -0.39 is 79.6 Å². The molecule has 240 valence electrons. The van der Waals surface area contributed by atoms with Gasteiger partial charge in [0.05, 0.1) is 18.3 Å². The second kappa shape index (κ2) is 15.4. The van der Waals surface area contributed by atoms with Gasteiger partial charge in [-0.15, -0.1) is 6.58 Å². The average molecular weight is 609 g/mol. The first-order valence-electron chi connectivity index (χ1n) is 14.2. The minimum atomic E-state index is -1.72. The number of ether oxygens (including phenoxy) is 5. The first-order valence-corrected chi connectivity index (χ1v) is 14.2. The SMILES string of the molecule is C=C[C@](C)(CCC=C(C)C)O[C@@H]1O[C@H](CO)[C@@H](OC(=O)C=Cc2ccc(O)cc2)[C@H](O[C@@H]2O[C@@H](C)[C@H](O)[C@@H](O)[C@H]2O)[C@H]1O. The molecular weight excluding hydrogens is 564 g/mol. The smallest absolute Gasteiger partial charge is 0.331 e. The standard InChI is InChI=1S/C31H44O12/c1-6-31(5,15-7-8-17(2)3)43-30-26(38)28(42-29-25(37)24(36)23(35)18(4)39-29)27(21(16-32)40-30)41-22(34)14-11-19-9-12-20(33)13-10-19/h6,8-14,18,21,23-30,32-33,35-38H,1,7,15-16H2,2-5H3/t18-,21+,23-,24+,25+,26+,27+,28+,29-,30-,31+/m0/s1. The molecule has 12 nitrogen and oxygen atoms in total. The molecule has 0 unspecified atom stereocenters. The van der Waals surface area contributed by atoms with Crippen molar-refractivity contribution in [2.24, 2.45) is 0 Å². The van der Waals surface area contributed by atoms with Crippen LogP contribution >= 0.6 is 0 Å². The summed E-state index contributed by atoms with van der Waals surface area (Å²) in [6, 6.07) is 6.04. The van der Waals surface area contributed by atoms with Gasteiger partial charge < -0.3 is 54.3 Å². The van der Waals surface area contributed by atoms with E-state index in [1.807, 2.05) is 19.9 Å². The maximum Gasteiger partial charge on any atom is 0.331 e. The highest BCUT2D eigenvalue weighted by molar-refractivity contribution is 5.87. The van der Waals surface area contributed by atoms with E-state index in [4.69, 9.17) is 23.7 Å². The van der Waals surface area contributed by atoms with Gasteiger partial charge in [-0.25, -0.2) is 4.79 Å². The van der Waals surface area contributed by atoms with Crippen molar-refractivity contribution >= 4 is 12.0 Å². The highest BCUT2D eigenvalue weighted by atomic mass is 16.7. The average Bonchev–Trinajstić information content (AvgIpc) is 2.97. The summed E-state index contributed by atoms with van der Waals surface area (Å²) in [6.45, 7) is 10.3. The number of hydrogen-bond acceptors (Lipinski definition) is 12. The fourth-order valence-corrected chi connectivity index (χ4v) is 4.76. The number of esters is 1. The largest absolute Gasteiger partial charge is 0.508 e. The number of allylic oxidation sites excluding steroid dienone is 2. The van der Waals surface area contributed by atoms with Crippen molar-refractivity contribution in [3.05, 3.63) is 60.2 Å². The number of aliphatic hydroxyl groups excluding tert-OH is 5. The number of hydrogen-bond donors (Lipinski definition) is 6. The normalized spacial score (nSPS) is 34.3. The van der Waals surface area contributed by atoms with E-state index in [0.29, 0.717) is 18.4 Å². The Morgan fingerprint density at radius 1 is 1.00 bits per heavy atom. The molecule has 1 aromatic rings. The molecule has 0 spiro atoms. The fourth-order valence-electron chi connectivity index (χ4n) is 4.76. The Bertz CT molecular complexity index is 1120. The van der Waals surface area contributed by atoms with Crippen molar-refractivity contribution in [3.63, 3.8) is 0 Å². The number of phenolic OH excluding ortho intramolecular Hbond substituents is 1. The molecule has 2 saturated heterocycles. The third-order valence-corrected chi connectivity index (χ3v) is 7.46. The third-order valence-electron chi connectivity index (χ3n) is 7.46. The van der Waals surface area contributed by atoms with Crippen LogP contribution in [-0.4, -0.2) is 110 Å². The lowest BCUT2D eigenvalue weighted by Crippen LogP contribution is -2.65. The van der Waals surface area contributed by atoms with Gasteiger partial charge >= 0.3 is 5.97 Å². The van der Waals surface area contributed by atoms with Crippen LogP contribution in [0.5, 0.6) is 5.75 Å². The number of carbonyl (C=O) groups is 1. The monoisotopic (exact) mass is 608 g/mol. The Morgan fingerprint density at radius 3 is 2.28 bits per heavy atom. The first-order chi connectivity index (χ1) is 20.3. The zero-order valence-electron chi connectivity index (χ0n) is 24.9. The van der Waals surface area contributed by atoms with Gasteiger partial charge in [0.2, 0.25) is 0 Å². The number of aliphatic hydroxyl groups is 5. The van der Waals surface area contributed by atoms with Crippen molar-refractivity contribution < 1.29 is 59.1 Å². The van der Waals surface area contributed by atoms with E-state index in [0.717, 1.165) is 11.6 Å². The Balaban J connectivity index is 1.88. The first kappa shape index (κ1) is 34.8. The molecule has 2 aliphatic rings. The molecule has 0 amide bonds. The van der Waals surface area contributed by atoms with Gasteiger partial charge in [-0.05, 0) is 64.3 Å². The topological polar surface area (TPSA) is 185 Å². The number of rotatable bonds is 12. The third kappa shape index (κ3) is 9.17. The molecule has 43 heavy (non-hydrogen) atoms. The van der Waals surface area contributed by atoms with Crippen LogP contribution in [0.3, 0.4) is 0 Å². The lowest BCUT2D eigenvalue weighted by molar-refractivity contribution is -0.364. The Kier molecular flexibility index (Phi) is 12.5. The zero-order valence-corrected chi connectivity index (χ0v) is 24.9. The summed E-state index contributed by atoms with van der Waals surface area (Å²) in [4.78, 5) is 12.9. The van der Waals surface area contributed by atoms with Crippen LogP contribution in [0.2, 0.25) is 0 Å². The summed E-state index contributed by atoms with van der Waals surface area (Å²) in [5.74, 6) is -0.814. The predicted octanol–water partition coefficient (Wildman–Crippen LogP) is 1.32. The second-order valence-corrected chi connectivity index (χ2v) is 11.3. The minimum Gasteiger partial charge on any atom is -0.508 e. The fraction of sp³-hybridized carbons (Fsp3) is 0.581. The Morgan fingerprint density at radius 2 is 1.67 bits per heavy atom. The molecule has 2 heterocycles. The van der Waals surface area contributed by atoms with Gasteiger partial charge in [0.15, 0.2) is 18.7 Å². The Hall–Kier alpha value is -2.65. The van der Waals surface area contributed by atoms with Crippen molar-refractivity contribution in [1.29, 1.82) is 0 Å². The van der Waals surface area contributed by atoms with Gasteiger partial charge in [-0.1, -0.05) is 29.9 Å². The summed E-state index contributed by atoms with van der Waals surface area (Å²) >= 11 is 0. The molecule has 1 aromatic carbocycles. The van der Waals surface area contributed by atoms with Crippen LogP contribution in [0.25, 0.3) is 6.08 Å². The van der Waals surface area contributed by atoms with Crippen LogP contribution in [0.15, 0.2) is 54.6 Å². The van der Waals surface area contributed by atoms with E-state index in [1.54, 1.807) is 25.1 Å². The van der Waals surface area contributed by atoms with Crippen LogP contribution in [0.4, 0.5) is 0 Å². The molecule has 0 bridgehead atoms. The van der Waals surface area contributed by atoms with Crippen LogP contribution < -0.4 is 0 Å². The van der Waals surface area contributed by atoms with E-state index >= 15 is 0 Å². The van der Waals surface area contributed by atoms with Crippen molar-refractivity contribution in [3.8, 4) is 5.75 Å². The van der Waals surface area contributed by atoms with E-state index in [1.165, 1.54) is 25.1 Å². The maximum atomic E-state index is 12.9. The number of phenols is 1. The molecule has 0 saturated carbocycles. The quantitative estimate of drug-likeness (QED) is 0.114. The summed E-state index contributed by atoms with van der Waals surface area (Å²) in [5, 5.41) is 62.1. The molecule has 11 atom stereocenters. The number of aromatic hydroxyl groups is 1. The molecule has 0 aliphatic carbocycles. The molecule has 0 radical (unpaired) electrons. The zero-order chi connectivity index (χ0) is 31.9. The van der Waals surface area contributed by atoms with E-state index in [-0.39, 0.29) is 5.75 Å². The Labute approximate surface area is 251 Å². The van der Waals surface area contributed by atoms with Crippen LogP contribution in [-0.2, 0) is 28.5 Å². The summed E-state index contributed by atoms with van der Waals surface area (Å²) in [5.41, 5.74) is 0.728. The van der Waals surface area contributed by atoms with Gasteiger partial charge in [-0.3, -0.25) is 0 Å². The van der Waals surface area contributed by atoms with Crippen molar-refractivity contribution in [1.82, 2.24) is 0 Å². The summed E-state index contributed by atoms with van der Waals surface area (Å²) in [7, 11) is 0. The molecule has 3 rings (SSSR count). The van der Waals surface area contributed by atoms with Gasteiger partial charge in [0, 0.05) is 6.08 Å². The van der Waals surface area contributed by atoms with Gasteiger partial charge in [0.25, 0.3) is 0 Å². The lowest BCUT2D eigenvalue weighted by atomic mass is 9.95.